The third-order valence-electron chi connectivity index (χ3n) is 4.84. The highest BCUT2D eigenvalue weighted by atomic mass is 35.5. The summed E-state index contributed by atoms with van der Waals surface area (Å²) in [4.78, 5) is 30.0. The number of hydrogen-bond donors (Lipinski definition) is 1. The van der Waals surface area contributed by atoms with Crippen molar-refractivity contribution in [3.05, 3.63) is 64.4 Å². The van der Waals surface area contributed by atoms with Crippen LogP contribution in [0.1, 0.15) is 42.6 Å². The molecule has 0 spiro atoms. The number of piperidine rings is 1. The minimum atomic E-state index is -0.189. The van der Waals surface area contributed by atoms with Gasteiger partial charge >= 0.3 is 0 Å². The van der Waals surface area contributed by atoms with Gasteiger partial charge in [0.15, 0.2) is 0 Å². The number of nitrogens with one attached hydrogen (secondary N) is 1. The molecule has 0 aliphatic carbocycles. The van der Waals surface area contributed by atoms with E-state index >= 15 is 0 Å². The fourth-order valence-electron chi connectivity index (χ4n) is 3.42. The fraction of sp³-hybridized carbons (Fsp3) is 0.381. The lowest BCUT2D eigenvalue weighted by Gasteiger charge is -2.32. The van der Waals surface area contributed by atoms with Crippen LogP contribution in [0.2, 0.25) is 5.02 Å². The second kappa shape index (κ2) is 9.00. The first-order valence-electron chi connectivity index (χ1n) is 9.24. The van der Waals surface area contributed by atoms with Crippen LogP contribution in [-0.4, -0.2) is 41.3 Å². The lowest BCUT2D eigenvalue weighted by molar-refractivity contribution is -0.133. The number of amides is 2. The molecule has 2 amide bonds. The van der Waals surface area contributed by atoms with E-state index in [-0.39, 0.29) is 24.3 Å². The van der Waals surface area contributed by atoms with E-state index in [2.05, 4.69) is 5.32 Å². The summed E-state index contributed by atoms with van der Waals surface area (Å²) in [5, 5.41) is 3.33. The number of rotatable bonds is 5. The molecule has 0 radical (unpaired) electrons. The third-order valence-corrected chi connectivity index (χ3v) is 5.21. The van der Waals surface area contributed by atoms with E-state index in [1.54, 1.807) is 0 Å². The number of halogens is 1. The van der Waals surface area contributed by atoms with Gasteiger partial charge < -0.3 is 10.2 Å². The first-order valence-corrected chi connectivity index (χ1v) is 9.62. The van der Waals surface area contributed by atoms with Crippen molar-refractivity contribution in [2.24, 2.45) is 0 Å². The van der Waals surface area contributed by atoms with Gasteiger partial charge in [0.2, 0.25) is 11.8 Å². The summed E-state index contributed by atoms with van der Waals surface area (Å²) in [6.07, 6.45) is 2.63. The summed E-state index contributed by atoms with van der Waals surface area (Å²) in [6.45, 7) is 2.85. The van der Waals surface area contributed by atoms with E-state index in [0.29, 0.717) is 13.0 Å². The SMILES string of the molecule is CC(=O)NCC(=O)N1CCCC(c2cccc(Cc3ccccc3Cl)n2)C1. The van der Waals surface area contributed by atoms with Crippen LogP contribution in [0.15, 0.2) is 42.5 Å². The number of pyridine rings is 1. The summed E-state index contributed by atoms with van der Waals surface area (Å²) in [5.74, 6) is -0.0146. The van der Waals surface area contributed by atoms with Gasteiger partial charge in [-0.25, -0.2) is 0 Å². The minimum absolute atomic E-state index is 0.0397. The van der Waals surface area contributed by atoms with Gasteiger partial charge in [0.05, 0.1) is 6.54 Å². The molecule has 5 nitrogen and oxygen atoms in total. The molecule has 1 aromatic heterocycles. The Kier molecular flexibility index (Phi) is 6.45. The molecule has 1 saturated heterocycles. The van der Waals surface area contributed by atoms with Crippen LogP contribution < -0.4 is 5.32 Å². The Labute approximate surface area is 164 Å². The summed E-state index contributed by atoms with van der Waals surface area (Å²) >= 11 is 6.27. The van der Waals surface area contributed by atoms with E-state index < -0.39 is 0 Å². The molecule has 2 aromatic rings. The van der Waals surface area contributed by atoms with Crippen molar-refractivity contribution < 1.29 is 9.59 Å². The molecule has 1 aliphatic heterocycles. The highest BCUT2D eigenvalue weighted by molar-refractivity contribution is 6.31. The van der Waals surface area contributed by atoms with Crippen molar-refractivity contribution in [1.29, 1.82) is 0 Å². The zero-order valence-electron chi connectivity index (χ0n) is 15.5. The first kappa shape index (κ1) is 19.4. The molecule has 0 bridgehead atoms. The average molecular weight is 386 g/mol. The van der Waals surface area contributed by atoms with Gasteiger partial charge in [0.25, 0.3) is 0 Å². The lowest BCUT2D eigenvalue weighted by Crippen LogP contribution is -2.44. The van der Waals surface area contributed by atoms with Crippen LogP contribution >= 0.6 is 11.6 Å². The summed E-state index contributed by atoms with van der Waals surface area (Å²) in [6, 6.07) is 13.9. The smallest absolute Gasteiger partial charge is 0.241 e. The maximum absolute atomic E-state index is 12.3. The molecule has 1 N–H and O–H groups in total. The molecule has 3 rings (SSSR count). The highest BCUT2D eigenvalue weighted by Crippen LogP contribution is 2.26. The van der Waals surface area contributed by atoms with Crippen molar-refractivity contribution >= 4 is 23.4 Å². The number of carbonyl (C=O) groups excluding carboxylic acids is 2. The van der Waals surface area contributed by atoms with Crippen LogP contribution in [0, 0.1) is 0 Å². The molecule has 1 aliphatic rings. The zero-order valence-corrected chi connectivity index (χ0v) is 16.2. The Morgan fingerprint density at radius 2 is 2.04 bits per heavy atom. The standard InChI is InChI=1S/C21H24ClN3O2/c1-15(26)23-13-21(27)25-11-5-7-17(14-25)20-10-4-8-18(24-20)12-16-6-2-3-9-19(16)22/h2-4,6,8-10,17H,5,7,11-14H2,1H3,(H,23,26). The van der Waals surface area contributed by atoms with Crippen LogP contribution in [0.5, 0.6) is 0 Å². The van der Waals surface area contributed by atoms with E-state index in [9.17, 15) is 9.59 Å². The highest BCUT2D eigenvalue weighted by Gasteiger charge is 2.25. The topological polar surface area (TPSA) is 62.3 Å². The Bertz CT molecular complexity index is 825. The number of nitrogens with zero attached hydrogens (tertiary/aromatic N) is 2. The zero-order chi connectivity index (χ0) is 19.2. The van der Waals surface area contributed by atoms with E-state index in [0.717, 1.165) is 41.4 Å². The van der Waals surface area contributed by atoms with Crippen molar-refractivity contribution in [3.8, 4) is 0 Å². The second-order valence-corrected chi connectivity index (χ2v) is 7.32. The normalized spacial score (nSPS) is 16.8. The molecule has 1 fully saturated rings. The van der Waals surface area contributed by atoms with Crippen molar-refractivity contribution in [2.45, 2.75) is 32.1 Å². The fourth-order valence-corrected chi connectivity index (χ4v) is 3.62. The number of aromatic nitrogens is 1. The van der Waals surface area contributed by atoms with Gasteiger partial charge in [-0.3, -0.25) is 14.6 Å². The summed E-state index contributed by atoms with van der Waals surface area (Å²) < 4.78 is 0. The lowest BCUT2D eigenvalue weighted by atomic mass is 9.93. The number of likely N-dealkylation sites (tertiary alicyclic amines) is 1. The first-order chi connectivity index (χ1) is 13.0. The van der Waals surface area contributed by atoms with E-state index in [4.69, 9.17) is 16.6 Å². The largest absolute Gasteiger partial charge is 0.347 e. The maximum atomic E-state index is 12.3. The average Bonchev–Trinajstić information content (AvgIpc) is 2.68. The van der Waals surface area contributed by atoms with Gasteiger partial charge in [-0.1, -0.05) is 35.9 Å². The number of hydrogen-bond acceptors (Lipinski definition) is 3. The minimum Gasteiger partial charge on any atom is -0.347 e. The number of benzene rings is 1. The molecular weight excluding hydrogens is 362 g/mol. The molecule has 142 valence electrons. The van der Waals surface area contributed by atoms with Crippen LogP contribution in [0.25, 0.3) is 0 Å². The van der Waals surface area contributed by atoms with Gasteiger partial charge in [-0.05, 0) is 36.6 Å². The van der Waals surface area contributed by atoms with Crippen LogP contribution in [-0.2, 0) is 16.0 Å². The van der Waals surface area contributed by atoms with Crippen LogP contribution in [0.4, 0.5) is 0 Å². The number of carbonyl (C=O) groups is 2. The summed E-state index contributed by atoms with van der Waals surface area (Å²) in [5.41, 5.74) is 3.04. The molecule has 27 heavy (non-hydrogen) atoms. The summed E-state index contributed by atoms with van der Waals surface area (Å²) in [7, 11) is 0. The van der Waals surface area contributed by atoms with Crippen molar-refractivity contribution in [1.82, 2.24) is 15.2 Å². The molecule has 0 saturated carbocycles. The van der Waals surface area contributed by atoms with Crippen molar-refractivity contribution in [2.75, 3.05) is 19.6 Å². The Hall–Kier alpha value is -2.40. The van der Waals surface area contributed by atoms with Crippen LogP contribution in [0.3, 0.4) is 0 Å². The van der Waals surface area contributed by atoms with Gasteiger partial charge in [-0.2, -0.15) is 0 Å². The van der Waals surface area contributed by atoms with Gasteiger partial charge in [0, 0.05) is 48.8 Å². The monoisotopic (exact) mass is 385 g/mol. The van der Waals surface area contributed by atoms with Crippen molar-refractivity contribution in [3.63, 3.8) is 0 Å². The quantitative estimate of drug-likeness (QED) is 0.859. The van der Waals surface area contributed by atoms with E-state index in [1.807, 2.05) is 47.4 Å². The molecule has 1 atom stereocenters. The Morgan fingerprint density at radius 1 is 1.22 bits per heavy atom. The Balaban J connectivity index is 1.68. The maximum Gasteiger partial charge on any atom is 0.241 e. The molecule has 1 unspecified atom stereocenters. The Morgan fingerprint density at radius 3 is 2.81 bits per heavy atom. The molecule has 1 aromatic carbocycles. The van der Waals surface area contributed by atoms with Gasteiger partial charge in [0.1, 0.15) is 0 Å². The van der Waals surface area contributed by atoms with E-state index in [1.165, 1.54) is 6.92 Å². The van der Waals surface area contributed by atoms with Gasteiger partial charge in [-0.15, -0.1) is 0 Å². The molecule has 2 heterocycles. The molecular formula is C21H24ClN3O2. The second-order valence-electron chi connectivity index (χ2n) is 6.91. The molecule has 6 heteroatoms. The predicted molar refractivity (Wildman–Crippen MR) is 106 cm³/mol. The predicted octanol–water partition coefficient (Wildman–Crippen LogP) is 3.17. The third kappa shape index (κ3) is 5.30.